The normalized spacial score (nSPS) is 23.4. The van der Waals surface area contributed by atoms with E-state index in [0.717, 1.165) is 25.4 Å². The molecule has 102 valence electrons. The predicted octanol–water partition coefficient (Wildman–Crippen LogP) is 2.88. The van der Waals surface area contributed by atoms with Gasteiger partial charge in [-0.15, -0.1) is 0 Å². The lowest BCUT2D eigenvalue weighted by Gasteiger charge is -2.27. The Morgan fingerprint density at radius 2 is 2.21 bits per heavy atom. The molecule has 0 spiro atoms. The van der Waals surface area contributed by atoms with E-state index in [0.29, 0.717) is 11.1 Å². The summed E-state index contributed by atoms with van der Waals surface area (Å²) in [5.74, 6) is 0. The SMILES string of the molecule is O=[N+]([O-])c1ccc(N2CC3CCCCN3C2)c(Cl)c1. The number of non-ortho nitro benzene ring substituents is 1. The van der Waals surface area contributed by atoms with Gasteiger partial charge in [0.1, 0.15) is 0 Å². The van der Waals surface area contributed by atoms with E-state index in [2.05, 4.69) is 9.80 Å². The van der Waals surface area contributed by atoms with Crippen LogP contribution < -0.4 is 4.90 Å². The molecule has 0 aliphatic carbocycles. The van der Waals surface area contributed by atoms with Crippen LogP contribution in [0, 0.1) is 10.1 Å². The minimum absolute atomic E-state index is 0.0469. The summed E-state index contributed by atoms with van der Waals surface area (Å²) in [5.41, 5.74) is 0.951. The summed E-state index contributed by atoms with van der Waals surface area (Å²) in [4.78, 5) is 15.0. The Labute approximate surface area is 116 Å². The van der Waals surface area contributed by atoms with E-state index < -0.39 is 4.92 Å². The summed E-state index contributed by atoms with van der Waals surface area (Å²) in [5, 5.41) is 11.2. The van der Waals surface area contributed by atoms with Gasteiger partial charge in [-0.05, 0) is 18.9 Å². The quantitative estimate of drug-likeness (QED) is 0.618. The number of nitrogens with zero attached hydrogens (tertiary/aromatic N) is 3. The van der Waals surface area contributed by atoms with E-state index >= 15 is 0 Å². The molecule has 0 radical (unpaired) electrons. The first-order chi connectivity index (χ1) is 9.15. The molecule has 2 heterocycles. The van der Waals surface area contributed by atoms with Crippen molar-refractivity contribution in [3.63, 3.8) is 0 Å². The van der Waals surface area contributed by atoms with Gasteiger partial charge in [0.25, 0.3) is 5.69 Å². The van der Waals surface area contributed by atoms with Crippen LogP contribution in [0.1, 0.15) is 19.3 Å². The van der Waals surface area contributed by atoms with Crippen LogP contribution in [0.2, 0.25) is 5.02 Å². The van der Waals surface area contributed by atoms with Crippen LogP contribution in [-0.2, 0) is 0 Å². The topological polar surface area (TPSA) is 49.6 Å². The second-order valence-electron chi connectivity index (χ2n) is 5.22. The molecule has 19 heavy (non-hydrogen) atoms. The van der Waals surface area contributed by atoms with Gasteiger partial charge in [-0.2, -0.15) is 0 Å². The molecule has 0 aromatic heterocycles. The van der Waals surface area contributed by atoms with Gasteiger partial charge in [-0.25, -0.2) is 0 Å². The minimum atomic E-state index is -0.414. The highest BCUT2D eigenvalue weighted by molar-refractivity contribution is 6.33. The van der Waals surface area contributed by atoms with Crippen molar-refractivity contribution >= 4 is 23.0 Å². The maximum atomic E-state index is 10.7. The highest BCUT2D eigenvalue weighted by atomic mass is 35.5. The fourth-order valence-corrected chi connectivity index (χ4v) is 3.32. The summed E-state index contributed by atoms with van der Waals surface area (Å²) in [6.45, 7) is 2.99. The number of hydrogen-bond donors (Lipinski definition) is 0. The molecule has 1 aromatic rings. The largest absolute Gasteiger partial charge is 0.356 e. The summed E-state index contributed by atoms with van der Waals surface area (Å²) in [6.07, 6.45) is 3.79. The first-order valence-corrected chi connectivity index (χ1v) is 6.96. The van der Waals surface area contributed by atoms with Crippen LogP contribution in [0.4, 0.5) is 11.4 Å². The molecule has 2 aliphatic heterocycles. The smallest absolute Gasteiger partial charge is 0.271 e. The van der Waals surface area contributed by atoms with E-state index in [1.165, 1.54) is 31.4 Å². The number of piperidine rings is 1. The molecule has 0 bridgehead atoms. The average Bonchev–Trinajstić information content (AvgIpc) is 2.81. The lowest BCUT2D eigenvalue weighted by molar-refractivity contribution is -0.384. The molecule has 5 nitrogen and oxygen atoms in total. The highest BCUT2D eigenvalue weighted by Crippen LogP contribution is 2.34. The molecule has 0 saturated carbocycles. The molecule has 3 rings (SSSR count). The van der Waals surface area contributed by atoms with Gasteiger partial charge in [0.15, 0.2) is 0 Å². The zero-order chi connectivity index (χ0) is 13.4. The Morgan fingerprint density at radius 1 is 1.37 bits per heavy atom. The van der Waals surface area contributed by atoms with Crippen LogP contribution in [0.3, 0.4) is 0 Å². The van der Waals surface area contributed by atoms with Gasteiger partial charge < -0.3 is 4.90 Å². The van der Waals surface area contributed by atoms with Crippen molar-refractivity contribution in [3.05, 3.63) is 33.3 Å². The summed E-state index contributed by atoms with van der Waals surface area (Å²) in [6, 6.07) is 5.34. The van der Waals surface area contributed by atoms with E-state index in [1.807, 2.05) is 0 Å². The number of rotatable bonds is 2. The summed E-state index contributed by atoms with van der Waals surface area (Å²) in [7, 11) is 0. The summed E-state index contributed by atoms with van der Waals surface area (Å²) < 4.78 is 0. The molecule has 2 saturated heterocycles. The number of anilines is 1. The number of halogens is 1. The third-order valence-electron chi connectivity index (χ3n) is 4.02. The van der Waals surface area contributed by atoms with Gasteiger partial charge in [0, 0.05) is 31.3 Å². The number of nitro benzene ring substituents is 1. The second-order valence-corrected chi connectivity index (χ2v) is 5.63. The first kappa shape index (κ1) is 12.7. The Bertz CT molecular complexity index is 495. The third kappa shape index (κ3) is 2.40. The maximum absolute atomic E-state index is 10.7. The fraction of sp³-hybridized carbons (Fsp3) is 0.538. The van der Waals surface area contributed by atoms with Gasteiger partial charge in [0.05, 0.1) is 22.3 Å². The monoisotopic (exact) mass is 281 g/mol. The predicted molar refractivity (Wildman–Crippen MR) is 74.7 cm³/mol. The summed E-state index contributed by atoms with van der Waals surface area (Å²) >= 11 is 6.19. The first-order valence-electron chi connectivity index (χ1n) is 6.58. The lowest BCUT2D eigenvalue weighted by Crippen LogP contribution is -2.35. The lowest BCUT2D eigenvalue weighted by atomic mass is 10.0. The van der Waals surface area contributed by atoms with Crippen molar-refractivity contribution in [2.75, 3.05) is 24.7 Å². The van der Waals surface area contributed by atoms with Crippen LogP contribution in [0.15, 0.2) is 18.2 Å². The maximum Gasteiger partial charge on any atom is 0.271 e. The third-order valence-corrected chi connectivity index (χ3v) is 4.32. The molecule has 2 aliphatic rings. The van der Waals surface area contributed by atoms with Gasteiger partial charge in [0.2, 0.25) is 0 Å². The van der Waals surface area contributed by atoms with Crippen molar-refractivity contribution in [1.82, 2.24) is 4.90 Å². The molecule has 0 amide bonds. The van der Waals surface area contributed by atoms with Gasteiger partial charge in [-0.1, -0.05) is 18.0 Å². The zero-order valence-electron chi connectivity index (χ0n) is 10.6. The molecular formula is C13H16ClN3O2. The molecule has 1 unspecified atom stereocenters. The standard InChI is InChI=1S/C13H16ClN3O2/c14-12-7-10(17(18)19)4-5-13(12)16-8-11-3-1-2-6-15(11)9-16/h4-5,7,11H,1-3,6,8-9H2. The minimum Gasteiger partial charge on any atom is -0.356 e. The molecule has 0 N–H and O–H groups in total. The second kappa shape index (κ2) is 4.98. The zero-order valence-corrected chi connectivity index (χ0v) is 11.3. The number of fused-ring (bicyclic) bond motifs is 1. The Morgan fingerprint density at radius 3 is 2.89 bits per heavy atom. The van der Waals surface area contributed by atoms with Crippen molar-refractivity contribution in [1.29, 1.82) is 0 Å². The van der Waals surface area contributed by atoms with Gasteiger partial charge in [-0.3, -0.25) is 15.0 Å². The molecular weight excluding hydrogens is 266 g/mol. The highest BCUT2D eigenvalue weighted by Gasteiger charge is 2.32. The van der Waals surface area contributed by atoms with Crippen molar-refractivity contribution in [3.8, 4) is 0 Å². The van der Waals surface area contributed by atoms with Gasteiger partial charge >= 0.3 is 0 Å². The Kier molecular flexibility index (Phi) is 3.33. The fourth-order valence-electron chi connectivity index (χ4n) is 3.02. The van der Waals surface area contributed by atoms with Crippen molar-refractivity contribution in [2.24, 2.45) is 0 Å². The van der Waals surface area contributed by atoms with E-state index in [-0.39, 0.29) is 5.69 Å². The number of hydrogen-bond acceptors (Lipinski definition) is 4. The van der Waals surface area contributed by atoms with E-state index in [9.17, 15) is 10.1 Å². The van der Waals surface area contributed by atoms with Crippen molar-refractivity contribution < 1.29 is 4.92 Å². The van der Waals surface area contributed by atoms with Crippen LogP contribution in [0.5, 0.6) is 0 Å². The molecule has 6 heteroatoms. The Balaban J connectivity index is 1.81. The van der Waals surface area contributed by atoms with Crippen LogP contribution in [-0.4, -0.2) is 35.6 Å². The van der Waals surface area contributed by atoms with Crippen LogP contribution in [0.25, 0.3) is 0 Å². The number of nitro groups is 1. The van der Waals surface area contributed by atoms with E-state index in [1.54, 1.807) is 6.07 Å². The average molecular weight is 282 g/mol. The van der Waals surface area contributed by atoms with Crippen LogP contribution >= 0.6 is 11.6 Å². The van der Waals surface area contributed by atoms with Crippen molar-refractivity contribution in [2.45, 2.75) is 25.3 Å². The molecule has 2 fully saturated rings. The molecule has 1 aromatic carbocycles. The molecule has 1 atom stereocenters. The number of benzene rings is 1. The van der Waals surface area contributed by atoms with E-state index in [4.69, 9.17) is 11.6 Å². The Hall–Kier alpha value is -1.33.